The van der Waals surface area contributed by atoms with Crippen LogP contribution in [0.2, 0.25) is 0 Å². The molecular formula is C33H40N2O2. The zero-order chi connectivity index (χ0) is 26.0. The fourth-order valence-corrected chi connectivity index (χ4v) is 4.99. The van der Waals surface area contributed by atoms with E-state index in [9.17, 15) is 4.79 Å². The first-order valence-electron chi connectivity index (χ1n) is 13.5. The molecule has 0 amide bonds. The van der Waals surface area contributed by atoms with Gasteiger partial charge in [-0.25, -0.2) is 0 Å². The van der Waals surface area contributed by atoms with Gasteiger partial charge in [-0.15, -0.1) is 0 Å². The van der Waals surface area contributed by atoms with Gasteiger partial charge in [-0.1, -0.05) is 54.6 Å². The molecule has 4 heteroatoms. The quantitative estimate of drug-likeness (QED) is 0.156. The minimum atomic E-state index is 0.00954. The van der Waals surface area contributed by atoms with Gasteiger partial charge < -0.3 is 14.5 Å². The van der Waals surface area contributed by atoms with E-state index in [1.165, 1.54) is 37.1 Å². The van der Waals surface area contributed by atoms with Crippen LogP contribution in [0.1, 0.15) is 52.7 Å². The summed E-state index contributed by atoms with van der Waals surface area (Å²) in [6.07, 6.45) is 8.43. The predicted molar refractivity (Wildman–Crippen MR) is 154 cm³/mol. The zero-order valence-electron chi connectivity index (χ0n) is 22.6. The summed E-state index contributed by atoms with van der Waals surface area (Å²) in [7, 11) is 4.03. The van der Waals surface area contributed by atoms with E-state index in [4.69, 9.17) is 4.74 Å². The number of likely N-dealkylation sites (tertiary alicyclic amines) is 1. The highest BCUT2D eigenvalue weighted by Gasteiger charge is 2.12. The number of hydrogen-bond acceptors (Lipinski definition) is 4. The van der Waals surface area contributed by atoms with Crippen molar-refractivity contribution in [3.63, 3.8) is 0 Å². The molecule has 3 aromatic carbocycles. The summed E-state index contributed by atoms with van der Waals surface area (Å²) in [6, 6.07) is 22.5. The van der Waals surface area contributed by atoms with E-state index >= 15 is 0 Å². The van der Waals surface area contributed by atoms with Crippen molar-refractivity contribution < 1.29 is 9.53 Å². The molecule has 0 unspecified atom stereocenters. The van der Waals surface area contributed by atoms with E-state index in [1.807, 2.05) is 50.5 Å². The average molecular weight is 497 g/mol. The van der Waals surface area contributed by atoms with E-state index in [0.29, 0.717) is 6.61 Å². The number of ketones is 1. The van der Waals surface area contributed by atoms with E-state index in [-0.39, 0.29) is 5.78 Å². The highest BCUT2D eigenvalue weighted by molar-refractivity contribution is 6.08. The van der Waals surface area contributed by atoms with Gasteiger partial charge in [0.1, 0.15) is 5.75 Å². The van der Waals surface area contributed by atoms with Crippen LogP contribution in [0.15, 0.2) is 72.8 Å². The van der Waals surface area contributed by atoms with Crippen LogP contribution in [0.25, 0.3) is 17.2 Å². The molecule has 194 valence electrons. The van der Waals surface area contributed by atoms with Gasteiger partial charge in [-0.3, -0.25) is 4.79 Å². The molecule has 0 N–H and O–H groups in total. The Balaban J connectivity index is 1.52. The molecule has 0 atom stereocenters. The third kappa shape index (κ3) is 7.64. The number of carbonyl (C=O) groups is 1. The third-order valence-corrected chi connectivity index (χ3v) is 6.97. The fraction of sp³-hybridized carbons (Fsp3) is 0.364. The third-order valence-electron chi connectivity index (χ3n) is 6.97. The average Bonchev–Trinajstić information content (AvgIpc) is 3.41. The molecule has 1 saturated heterocycles. The lowest BCUT2D eigenvalue weighted by molar-refractivity contribution is 0.104. The molecule has 0 bridgehead atoms. The van der Waals surface area contributed by atoms with Crippen molar-refractivity contribution in [1.82, 2.24) is 9.80 Å². The van der Waals surface area contributed by atoms with Crippen LogP contribution in [0.5, 0.6) is 5.75 Å². The van der Waals surface area contributed by atoms with Crippen molar-refractivity contribution in [2.45, 2.75) is 39.2 Å². The summed E-state index contributed by atoms with van der Waals surface area (Å²) in [6.45, 7) is 7.16. The summed E-state index contributed by atoms with van der Waals surface area (Å²) in [5.41, 5.74) is 6.24. The van der Waals surface area contributed by atoms with Crippen LogP contribution in [0.4, 0.5) is 0 Å². The van der Waals surface area contributed by atoms with Gasteiger partial charge in [-0.2, -0.15) is 0 Å². The Bertz CT molecular complexity index is 1210. The van der Waals surface area contributed by atoms with Crippen molar-refractivity contribution in [1.29, 1.82) is 0 Å². The number of unbranched alkanes of at least 4 members (excludes halogenated alkanes) is 1. The Morgan fingerprint density at radius 2 is 1.73 bits per heavy atom. The lowest BCUT2D eigenvalue weighted by Gasteiger charge is -2.15. The predicted octanol–water partition coefficient (Wildman–Crippen LogP) is 6.87. The normalized spacial score (nSPS) is 14.1. The molecule has 1 aliphatic rings. The smallest absolute Gasteiger partial charge is 0.186 e. The fourth-order valence-electron chi connectivity index (χ4n) is 4.99. The first kappa shape index (κ1) is 26.8. The minimum absolute atomic E-state index is 0.00954. The summed E-state index contributed by atoms with van der Waals surface area (Å²) in [5, 5.41) is 0. The maximum Gasteiger partial charge on any atom is 0.186 e. The van der Waals surface area contributed by atoms with Crippen molar-refractivity contribution in [3.05, 3.63) is 95.1 Å². The number of carbonyl (C=O) groups excluding carboxylic acids is 1. The zero-order valence-corrected chi connectivity index (χ0v) is 22.6. The van der Waals surface area contributed by atoms with Gasteiger partial charge in [0.25, 0.3) is 0 Å². The molecule has 4 nitrogen and oxygen atoms in total. The Kier molecular flexibility index (Phi) is 9.70. The van der Waals surface area contributed by atoms with Gasteiger partial charge >= 0.3 is 0 Å². The molecule has 3 aromatic rings. The van der Waals surface area contributed by atoms with E-state index in [2.05, 4.69) is 53.1 Å². The second kappa shape index (κ2) is 13.4. The van der Waals surface area contributed by atoms with Crippen LogP contribution in [-0.4, -0.2) is 55.9 Å². The Morgan fingerprint density at radius 1 is 0.973 bits per heavy atom. The summed E-state index contributed by atoms with van der Waals surface area (Å²) < 4.78 is 6.25. The molecule has 0 saturated carbocycles. The van der Waals surface area contributed by atoms with Gasteiger partial charge in [0.2, 0.25) is 0 Å². The van der Waals surface area contributed by atoms with E-state index < -0.39 is 0 Å². The van der Waals surface area contributed by atoms with Crippen LogP contribution >= 0.6 is 0 Å². The van der Waals surface area contributed by atoms with Gasteiger partial charge in [0.05, 0.1) is 6.61 Å². The minimum Gasteiger partial charge on any atom is -0.493 e. The molecule has 4 rings (SSSR count). The van der Waals surface area contributed by atoms with Crippen LogP contribution in [0.3, 0.4) is 0 Å². The van der Waals surface area contributed by atoms with Crippen LogP contribution in [0, 0.1) is 6.92 Å². The Hall–Kier alpha value is -3.21. The number of allylic oxidation sites excluding steroid dienone is 1. The molecule has 0 spiro atoms. The van der Waals surface area contributed by atoms with E-state index in [1.54, 1.807) is 6.08 Å². The van der Waals surface area contributed by atoms with Crippen molar-refractivity contribution >= 4 is 11.9 Å². The van der Waals surface area contributed by atoms with Gasteiger partial charge in [-0.05, 0) is 113 Å². The number of rotatable bonds is 12. The summed E-state index contributed by atoms with van der Waals surface area (Å²) in [5.74, 6) is 0.833. The largest absolute Gasteiger partial charge is 0.493 e. The molecular weight excluding hydrogens is 456 g/mol. The Morgan fingerprint density at radius 3 is 2.51 bits per heavy atom. The molecule has 1 aliphatic heterocycles. The van der Waals surface area contributed by atoms with Crippen LogP contribution < -0.4 is 4.74 Å². The number of hydrogen-bond donors (Lipinski definition) is 0. The SMILES string of the molecule is Cc1ccccc1-c1ccc(OCCCCN2CCCC2)c(C=CC(=O)c2ccccc2CN(C)C)c1. The number of benzene rings is 3. The molecule has 1 fully saturated rings. The van der Waals surface area contributed by atoms with Crippen molar-refractivity contribution in [2.24, 2.45) is 0 Å². The monoisotopic (exact) mass is 496 g/mol. The Labute approximate surface area is 222 Å². The van der Waals surface area contributed by atoms with Crippen molar-refractivity contribution in [2.75, 3.05) is 40.3 Å². The molecule has 0 aromatic heterocycles. The molecule has 37 heavy (non-hydrogen) atoms. The first-order valence-corrected chi connectivity index (χ1v) is 13.5. The maximum atomic E-state index is 13.2. The highest BCUT2D eigenvalue weighted by Crippen LogP contribution is 2.30. The van der Waals surface area contributed by atoms with Gasteiger partial charge in [0, 0.05) is 17.7 Å². The lowest BCUT2D eigenvalue weighted by atomic mass is 9.97. The first-order chi connectivity index (χ1) is 18.0. The molecule has 0 radical (unpaired) electrons. The second-order valence-electron chi connectivity index (χ2n) is 10.3. The van der Waals surface area contributed by atoms with Crippen LogP contribution in [-0.2, 0) is 6.54 Å². The lowest BCUT2D eigenvalue weighted by Crippen LogP contribution is -2.20. The second-order valence-corrected chi connectivity index (χ2v) is 10.3. The number of nitrogens with zero attached hydrogens (tertiary/aromatic N) is 2. The maximum absolute atomic E-state index is 13.2. The van der Waals surface area contributed by atoms with E-state index in [0.717, 1.165) is 53.9 Å². The highest BCUT2D eigenvalue weighted by atomic mass is 16.5. The summed E-state index contributed by atoms with van der Waals surface area (Å²) >= 11 is 0. The number of ether oxygens (including phenoxy) is 1. The van der Waals surface area contributed by atoms with Crippen molar-refractivity contribution in [3.8, 4) is 16.9 Å². The topological polar surface area (TPSA) is 32.8 Å². The molecule has 1 heterocycles. The molecule has 0 aliphatic carbocycles. The number of aryl methyl sites for hydroxylation is 1. The summed E-state index contributed by atoms with van der Waals surface area (Å²) in [4.78, 5) is 17.8. The van der Waals surface area contributed by atoms with Gasteiger partial charge in [0.15, 0.2) is 5.78 Å². The standard InChI is InChI=1S/C33H40N2O2/c1-26-12-4-6-14-30(26)27-17-19-33(37-23-11-10-22-35-20-8-9-21-35)28(24-27)16-18-32(36)31-15-7-5-13-29(31)25-34(2)3/h4-7,12-19,24H,8-11,20-23,25H2,1-3H3.